The van der Waals surface area contributed by atoms with Gasteiger partial charge in [0, 0.05) is 26.2 Å². The predicted octanol–water partition coefficient (Wildman–Crippen LogP) is -0.734. The van der Waals surface area contributed by atoms with E-state index in [2.05, 4.69) is 0 Å². The largest absolute Gasteiger partial charge is 0.393 e. The van der Waals surface area contributed by atoms with Crippen LogP contribution in [0.4, 0.5) is 0 Å². The first kappa shape index (κ1) is 13.2. The fourth-order valence-corrected chi connectivity index (χ4v) is 3.94. The van der Waals surface area contributed by atoms with Crippen LogP contribution in [0.5, 0.6) is 0 Å². The minimum absolute atomic E-state index is 0.000402. The lowest BCUT2D eigenvalue weighted by Crippen LogP contribution is -2.53. The van der Waals surface area contributed by atoms with Crippen molar-refractivity contribution in [3.05, 3.63) is 0 Å². The zero-order valence-corrected chi connectivity index (χ0v) is 10.9. The maximum atomic E-state index is 12.3. The number of nitrogens with zero attached hydrogens (tertiary/aromatic N) is 2. The molecule has 2 aliphatic heterocycles. The van der Waals surface area contributed by atoms with Crippen molar-refractivity contribution in [1.29, 1.82) is 0 Å². The highest BCUT2D eigenvalue weighted by molar-refractivity contribution is 7.86. The van der Waals surface area contributed by atoms with Crippen LogP contribution in [0.25, 0.3) is 0 Å². The first-order chi connectivity index (χ1) is 8.01. The quantitative estimate of drug-likeness (QED) is 0.713. The van der Waals surface area contributed by atoms with Gasteiger partial charge in [-0.05, 0) is 12.3 Å². The Bertz CT molecular complexity index is 353. The molecule has 1 N–H and O–H groups in total. The van der Waals surface area contributed by atoms with Gasteiger partial charge in [0.25, 0.3) is 10.2 Å². The lowest BCUT2D eigenvalue weighted by atomic mass is 9.99. The number of hydrogen-bond acceptors (Lipinski definition) is 4. The number of ether oxygens (including phenoxy) is 1. The SMILES string of the molecule is CC1CN(S(=O)(=O)N2CCOCC2)CCC1O. The monoisotopic (exact) mass is 264 g/mol. The first-order valence-corrected chi connectivity index (χ1v) is 7.42. The summed E-state index contributed by atoms with van der Waals surface area (Å²) in [6.45, 7) is 4.47. The molecule has 0 radical (unpaired) electrons. The van der Waals surface area contributed by atoms with Gasteiger partial charge in [0.2, 0.25) is 0 Å². The summed E-state index contributed by atoms with van der Waals surface area (Å²) in [6.07, 6.45) is 0.135. The molecule has 0 saturated carbocycles. The molecule has 2 heterocycles. The second-order valence-electron chi connectivity index (χ2n) is 4.71. The molecule has 0 spiro atoms. The molecule has 2 unspecified atom stereocenters. The van der Waals surface area contributed by atoms with Crippen LogP contribution in [0.3, 0.4) is 0 Å². The third-order valence-electron chi connectivity index (χ3n) is 3.45. The average Bonchev–Trinajstić information content (AvgIpc) is 2.33. The molecule has 6 nitrogen and oxygen atoms in total. The highest BCUT2D eigenvalue weighted by Gasteiger charge is 2.35. The molecular formula is C10H20N2O4S. The summed E-state index contributed by atoms with van der Waals surface area (Å²) in [5.74, 6) is -0.000402. The van der Waals surface area contributed by atoms with Gasteiger partial charge in [0.1, 0.15) is 0 Å². The predicted molar refractivity (Wildman–Crippen MR) is 62.7 cm³/mol. The van der Waals surface area contributed by atoms with Crippen molar-refractivity contribution in [2.24, 2.45) is 5.92 Å². The molecule has 7 heteroatoms. The van der Waals surface area contributed by atoms with Crippen LogP contribution in [-0.2, 0) is 14.9 Å². The molecule has 0 aromatic carbocycles. The lowest BCUT2D eigenvalue weighted by molar-refractivity contribution is 0.0512. The Morgan fingerprint density at radius 3 is 2.41 bits per heavy atom. The Labute approximate surface area is 102 Å². The van der Waals surface area contributed by atoms with Gasteiger partial charge in [-0.15, -0.1) is 0 Å². The summed E-state index contributed by atoms with van der Waals surface area (Å²) in [5.41, 5.74) is 0. The van der Waals surface area contributed by atoms with E-state index in [9.17, 15) is 13.5 Å². The Kier molecular flexibility index (Phi) is 4.04. The summed E-state index contributed by atoms with van der Waals surface area (Å²) in [6, 6.07) is 0. The topological polar surface area (TPSA) is 70.1 Å². The van der Waals surface area contributed by atoms with Gasteiger partial charge in [-0.2, -0.15) is 17.0 Å². The second kappa shape index (κ2) is 5.19. The van der Waals surface area contributed by atoms with E-state index in [1.54, 1.807) is 0 Å². The van der Waals surface area contributed by atoms with Crippen LogP contribution < -0.4 is 0 Å². The molecule has 0 aromatic heterocycles. The van der Waals surface area contributed by atoms with Crippen molar-refractivity contribution in [3.8, 4) is 0 Å². The maximum absolute atomic E-state index is 12.3. The van der Waals surface area contributed by atoms with E-state index < -0.39 is 10.2 Å². The smallest absolute Gasteiger partial charge is 0.282 e. The van der Waals surface area contributed by atoms with Crippen molar-refractivity contribution in [3.63, 3.8) is 0 Å². The zero-order valence-electron chi connectivity index (χ0n) is 10.1. The van der Waals surface area contributed by atoms with E-state index >= 15 is 0 Å². The van der Waals surface area contributed by atoms with E-state index in [1.165, 1.54) is 8.61 Å². The molecule has 2 rings (SSSR count). The van der Waals surface area contributed by atoms with Crippen molar-refractivity contribution >= 4 is 10.2 Å². The molecule has 2 aliphatic rings. The molecule has 2 atom stereocenters. The first-order valence-electron chi connectivity index (χ1n) is 6.03. The summed E-state index contributed by atoms with van der Waals surface area (Å²) in [7, 11) is -3.37. The fraction of sp³-hybridized carbons (Fsp3) is 1.00. The van der Waals surface area contributed by atoms with Gasteiger partial charge in [0.05, 0.1) is 19.3 Å². The summed E-state index contributed by atoms with van der Waals surface area (Å²) >= 11 is 0. The van der Waals surface area contributed by atoms with Crippen LogP contribution in [0.1, 0.15) is 13.3 Å². The molecule has 17 heavy (non-hydrogen) atoms. The Hall–Kier alpha value is -0.210. The van der Waals surface area contributed by atoms with Crippen molar-refractivity contribution in [1.82, 2.24) is 8.61 Å². The number of piperidine rings is 1. The summed E-state index contributed by atoms with van der Waals surface area (Å²) in [5, 5.41) is 9.62. The third kappa shape index (κ3) is 2.79. The number of hydrogen-bond donors (Lipinski definition) is 1. The molecule has 2 fully saturated rings. The normalized spacial score (nSPS) is 33.8. The van der Waals surface area contributed by atoms with Crippen LogP contribution in [-0.4, -0.2) is 67.6 Å². The standard InChI is InChI=1S/C10H20N2O4S/c1-9-8-12(3-2-10(9)13)17(14,15)11-4-6-16-7-5-11/h9-10,13H,2-8H2,1H3. The molecule has 0 aliphatic carbocycles. The molecular weight excluding hydrogens is 244 g/mol. The van der Waals surface area contributed by atoms with E-state index in [-0.39, 0.29) is 12.0 Å². The van der Waals surface area contributed by atoms with Gasteiger partial charge in [0.15, 0.2) is 0 Å². The fourth-order valence-electron chi connectivity index (χ4n) is 2.25. The van der Waals surface area contributed by atoms with Gasteiger partial charge in [-0.3, -0.25) is 0 Å². The Morgan fingerprint density at radius 1 is 1.18 bits per heavy atom. The number of morpholine rings is 1. The third-order valence-corrected chi connectivity index (χ3v) is 5.45. The van der Waals surface area contributed by atoms with Gasteiger partial charge >= 0.3 is 0 Å². The van der Waals surface area contributed by atoms with Crippen LogP contribution in [0.15, 0.2) is 0 Å². The van der Waals surface area contributed by atoms with E-state index in [4.69, 9.17) is 4.74 Å². The van der Waals surface area contributed by atoms with Crippen molar-refractivity contribution < 1.29 is 18.3 Å². The maximum Gasteiger partial charge on any atom is 0.282 e. The summed E-state index contributed by atoms with van der Waals surface area (Å²) in [4.78, 5) is 0. The van der Waals surface area contributed by atoms with E-state index in [1.807, 2.05) is 6.92 Å². The minimum Gasteiger partial charge on any atom is -0.393 e. The van der Waals surface area contributed by atoms with Crippen LogP contribution >= 0.6 is 0 Å². The number of aliphatic hydroxyl groups excluding tert-OH is 1. The van der Waals surface area contributed by atoms with E-state index in [0.29, 0.717) is 45.8 Å². The summed E-state index contributed by atoms with van der Waals surface area (Å²) < 4.78 is 32.7. The Balaban J connectivity index is 2.04. The van der Waals surface area contributed by atoms with Crippen molar-refractivity contribution in [2.45, 2.75) is 19.4 Å². The van der Waals surface area contributed by atoms with Crippen LogP contribution in [0.2, 0.25) is 0 Å². The lowest BCUT2D eigenvalue weighted by Gasteiger charge is -2.37. The van der Waals surface area contributed by atoms with Gasteiger partial charge in [-0.1, -0.05) is 6.92 Å². The second-order valence-corrected chi connectivity index (χ2v) is 6.64. The highest BCUT2D eigenvalue weighted by Crippen LogP contribution is 2.21. The van der Waals surface area contributed by atoms with E-state index in [0.717, 1.165) is 0 Å². The minimum atomic E-state index is -3.37. The molecule has 0 aromatic rings. The van der Waals surface area contributed by atoms with Crippen LogP contribution in [0, 0.1) is 5.92 Å². The van der Waals surface area contributed by atoms with Gasteiger partial charge in [-0.25, -0.2) is 0 Å². The van der Waals surface area contributed by atoms with Gasteiger partial charge < -0.3 is 9.84 Å². The highest BCUT2D eigenvalue weighted by atomic mass is 32.2. The molecule has 0 amide bonds. The Morgan fingerprint density at radius 2 is 1.82 bits per heavy atom. The number of rotatable bonds is 2. The zero-order chi connectivity index (χ0) is 12.5. The number of aliphatic hydroxyl groups is 1. The average molecular weight is 264 g/mol. The molecule has 2 saturated heterocycles. The van der Waals surface area contributed by atoms with Crippen molar-refractivity contribution in [2.75, 3.05) is 39.4 Å². The molecule has 100 valence electrons. The molecule has 0 bridgehead atoms.